The summed E-state index contributed by atoms with van der Waals surface area (Å²) in [6, 6.07) is 11.7. The molecule has 0 saturated carbocycles. The number of carbonyl (C=O) groups is 1. The van der Waals surface area contributed by atoms with E-state index in [0.717, 1.165) is 22.5 Å². The molecule has 1 aromatic heterocycles. The smallest absolute Gasteiger partial charge is 0.250 e. The third-order valence-electron chi connectivity index (χ3n) is 4.04. The van der Waals surface area contributed by atoms with Crippen LogP contribution in [-0.4, -0.2) is 17.1 Å². The van der Waals surface area contributed by atoms with E-state index in [1.165, 1.54) is 0 Å². The van der Waals surface area contributed by atoms with Gasteiger partial charge in [-0.25, -0.2) is 0 Å². The van der Waals surface area contributed by atoms with Crippen molar-refractivity contribution in [3.8, 4) is 17.3 Å². The molecule has 0 bridgehead atoms. The number of ether oxygens (including phenoxy) is 1. The van der Waals surface area contributed by atoms with Gasteiger partial charge in [0.25, 0.3) is 0 Å². The van der Waals surface area contributed by atoms with Crippen molar-refractivity contribution >= 4 is 11.6 Å². The number of nitrogens with one attached hydrogen (secondary N) is 1. The average Bonchev–Trinajstić information content (AvgIpc) is 2.81. The predicted octanol–water partition coefficient (Wildman–Crippen LogP) is 2.77. The molecule has 112 valence electrons. The molecule has 0 aliphatic carbocycles. The van der Waals surface area contributed by atoms with Gasteiger partial charge in [-0.05, 0) is 43.7 Å². The van der Waals surface area contributed by atoms with E-state index >= 15 is 0 Å². The van der Waals surface area contributed by atoms with Gasteiger partial charge >= 0.3 is 0 Å². The fourth-order valence-electron chi connectivity index (χ4n) is 2.73. The predicted molar refractivity (Wildman–Crippen MR) is 83.2 cm³/mol. The highest BCUT2D eigenvalue weighted by atomic mass is 16.5. The number of nitriles is 1. The number of hydrogen-bond acceptors (Lipinski definition) is 3. The largest absolute Gasteiger partial charge is 0.361 e. The molecule has 5 nitrogen and oxygen atoms in total. The summed E-state index contributed by atoms with van der Waals surface area (Å²) in [6.07, 6.45) is 0. The van der Waals surface area contributed by atoms with Crippen molar-refractivity contribution < 1.29 is 9.53 Å². The van der Waals surface area contributed by atoms with Crippen LogP contribution in [0.4, 0.5) is 5.69 Å². The highest BCUT2D eigenvalue weighted by molar-refractivity contribution is 5.93. The first-order valence-electron chi connectivity index (χ1n) is 7.07. The van der Waals surface area contributed by atoms with Crippen molar-refractivity contribution in [1.29, 1.82) is 5.26 Å². The zero-order valence-corrected chi connectivity index (χ0v) is 12.8. The second-order valence-electron chi connectivity index (χ2n) is 5.88. The Morgan fingerprint density at radius 3 is 2.77 bits per heavy atom. The van der Waals surface area contributed by atoms with Gasteiger partial charge in [-0.15, -0.1) is 0 Å². The minimum absolute atomic E-state index is 0.0414. The third kappa shape index (κ3) is 2.28. The summed E-state index contributed by atoms with van der Waals surface area (Å²) in [5.74, 6) is -0.148. The number of carbonyl (C=O) groups excluding carboxylic acids is 1. The van der Waals surface area contributed by atoms with Crippen LogP contribution < -0.4 is 5.32 Å². The number of nitrogens with zero attached hydrogens (tertiary/aromatic N) is 2. The number of rotatable bonds is 1. The zero-order chi connectivity index (χ0) is 15.9. The molecule has 0 spiro atoms. The molecular formula is C17H17N3O2. The van der Waals surface area contributed by atoms with Gasteiger partial charge in [-0.3, -0.25) is 4.79 Å². The molecule has 5 heteroatoms. The molecule has 1 aliphatic heterocycles. The van der Waals surface area contributed by atoms with Crippen molar-refractivity contribution in [2.75, 3.05) is 11.9 Å². The van der Waals surface area contributed by atoms with Crippen LogP contribution in [0.2, 0.25) is 0 Å². The molecule has 1 aliphatic rings. The summed E-state index contributed by atoms with van der Waals surface area (Å²) < 4.78 is 7.56. The maximum Gasteiger partial charge on any atom is 0.250 e. The minimum Gasteiger partial charge on any atom is -0.361 e. The minimum atomic E-state index is -0.562. The Morgan fingerprint density at radius 1 is 1.32 bits per heavy atom. The highest BCUT2D eigenvalue weighted by Gasteiger charge is 2.29. The van der Waals surface area contributed by atoms with Crippen LogP contribution in [0.15, 0.2) is 30.3 Å². The molecule has 2 aromatic rings. The first-order chi connectivity index (χ1) is 10.4. The molecular weight excluding hydrogens is 278 g/mol. The molecule has 1 amide bonds. The zero-order valence-electron chi connectivity index (χ0n) is 12.8. The van der Waals surface area contributed by atoms with Crippen LogP contribution in [-0.2, 0) is 22.2 Å². The Morgan fingerprint density at radius 2 is 2.09 bits per heavy atom. The fourth-order valence-corrected chi connectivity index (χ4v) is 2.73. The van der Waals surface area contributed by atoms with E-state index < -0.39 is 5.60 Å². The third-order valence-corrected chi connectivity index (χ3v) is 4.04. The van der Waals surface area contributed by atoms with E-state index in [0.29, 0.717) is 5.69 Å². The second-order valence-corrected chi connectivity index (χ2v) is 5.88. The number of hydrogen-bond donors (Lipinski definition) is 1. The highest BCUT2D eigenvalue weighted by Crippen LogP contribution is 2.36. The Labute approximate surface area is 129 Å². The molecule has 3 rings (SSSR count). The van der Waals surface area contributed by atoms with Crippen LogP contribution in [0.1, 0.15) is 25.1 Å². The van der Waals surface area contributed by atoms with Gasteiger partial charge in [0.15, 0.2) is 0 Å². The lowest BCUT2D eigenvalue weighted by atomic mass is 9.93. The fraction of sp³-hybridized carbons (Fsp3) is 0.294. The SMILES string of the molecule is Cn1c(C#N)ccc1-c1ccc2c(c1)C(C)(C)OCC(=O)N2. The van der Waals surface area contributed by atoms with Crippen molar-refractivity contribution in [2.24, 2.45) is 7.05 Å². The van der Waals surface area contributed by atoms with Crippen molar-refractivity contribution in [1.82, 2.24) is 4.57 Å². The normalized spacial score (nSPS) is 16.4. The Balaban J connectivity index is 2.14. The van der Waals surface area contributed by atoms with Crippen LogP contribution in [0.5, 0.6) is 0 Å². The summed E-state index contributed by atoms with van der Waals surface area (Å²) in [7, 11) is 1.86. The molecule has 1 aromatic carbocycles. The van der Waals surface area contributed by atoms with Crippen LogP contribution in [0, 0.1) is 11.3 Å². The van der Waals surface area contributed by atoms with Crippen molar-refractivity contribution in [3.63, 3.8) is 0 Å². The molecule has 0 saturated heterocycles. The van der Waals surface area contributed by atoms with Crippen LogP contribution in [0.3, 0.4) is 0 Å². The number of aromatic nitrogens is 1. The Kier molecular flexibility index (Phi) is 3.27. The maximum atomic E-state index is 11.7. The number of fused-ring (bicyclic) bond motifs is 1. The van der Waals surface area contributed by atoms with Crippen LogP contribution in [0.25, 0.3) is 11.3 Å². The quantitative estimate of drug-likeness (QED) is 0.879. The number of anilines is 1. The second kappa shape index (κ2) is 5.00. The molecule has 1 N–H and O–H groups in total. The number of amides is 1. The molecule has 0 radical (unpaired) electrons. The van der Waals surface area contributed by atoms with Gasteiger partial charge < -0.3 is 14.6 Å². The van der Waals surface area contributed by atoms with Crippen molar-refractivity contribution in [3.05, 3.63) is 41.6 Å². The van der Waals surface area contributed by atoms with Gasteiger partial charge in [0.05, 0.1) is 5.60 Å². The molecule has 0 unspecified atom stereocenters. The van der Waals surface area contributed by atoms with Gasteiger partial charge in [0.1, 0.15) is 18.4 Å². The van der Waals surface area contributed by atoms with E-state index in [2.05, 4.69) is 11.4 Å². The van der Waals surface area contributed by atoms with Crippen molar-refractivity contribution in [2.45, 2.75) is 19.4 Å². The Hall–Kier alpha value is -2.58. The molecule has 0 fully saturated rings. The standard InChI is InChI=1S/C17H17N3O2/c1-17(2)13-8-11(15-7-5-12(9-18)20(15)3)4-6-14(13)19-16(21)10-22-17/h4-8H,10H2,1-3H3,(H,19,21). The summed E-state index contributed by atoms with van der Waals surface area (Å²) in [4.78, 5) is 11.7. The average molecular weight is 295 g/mol. The topological polar surface area (TPSA) is 67.0 Å². The first-order valence-corrected chi connectivity index (χ1v) is 7.07. The van der Waals surface area contributed by atoms with E-state index in [1.807, 2.05) is 49.7 Å². The summed E-state index contributed by atoms with van der Waals surface area (Å²) in [5.41, 5.74) is 3.67. The van der Waals surface area contributed by atoms with E-state index in [4.69, 9.17) is 10.00 Å². The lowest BCUT2D eigenvalue weighted by Crippen LogP contribution is -2.22. The molecule has 2 heterocycles. The van der Waals surface area contributed by atoms with E-state index in [1.54, 1.807) is 6.07 Å². The van der Waals surface area contributed by atoms with Gasteiger partial charge in [0.2, 0.25) is 5.91 Å². The lowest BCUT2D eigenvalue weighted by Gasteiger charge is -2.25. The monoisotopic (exact) mass is 295 g/mol. The van der Waals surface area contributed by atoms with E-state index in [9.17, 15) is 4.79 Å². The molecule has 0 atom stereocenters. The summed E-state index contributed by atoms with van der Waals surface area (Å²) in [6.45, 7) is 3.93. The van der Waals surface area contributed by atoms with Crippen LogP contribution >= 0.6 is 0 Å². The summed E-state index contributed by atoms with van der Waals surface area (Å²) >= 11 is 0. The first kappa shape index (κ1) is 14.4. The molecule has 22 heavy (non-hydrogen) atoms. The number of benzene rings is 1. The van der Waals surface area contributed by atoms with Gasteiger partial charge in [0, 0.05) is 24.0 Å². The summed E-state index contributed by atoms with van der Waals surface area (Å²) in [5, 5.41) is 11.9. The van der Waals surface area contributed by atoms with Gasteiger partial charge in [-0.1, -0.05) is 6.07 Å². The van der Waals surface area contributed by atoms with Gasteiger partial charge in [-0.2, -0.15) is 5.26 Å². The lowest BCUT2D eigenvalue weighted by molar-refractivity contribution is -0.125. The maximum absolute atomic E-state index is 11.7. The van der Waals surface area contributed by atoms with E-state index in [-0.39, 0.29) is 12.5 Å². The Bertz CT molecular complexity index is 797.